The van der Waals surface area contributed by atoms with Crippen molar-refractivity contribution in [2.45, 2.75) is 12.8 Å². The first-order valence-corrected chi connectivity index (χ1v) is 4.96. The Kier molecular flexibility index (Phi) is 7.33. The summed E-state index contributed by atoms with van der Waals surface area (Å²) in [6.07, 6.45) is 1.24. The Morgan fingerprint density at radius 3 is 2.69 bits per heavy atom. The molecule has 0 atom stereocenters. The predicted octanol–water partition coefficient (Wildman–Crippen LogP) is 1.75. The summed E-state index contributed by atoms with van der Waals surface area (Å²) in [4.78, 5) is 11.4. The van der Waals surface area contributed by atoms with Gasteiger partial charge in [-0.3, -0.25) is 4.79 Å². The van der Waals surface area contributed by atoms with Gasteiger partial charge in [-0.25, -0.2) is 0 Å². The highest BCUT2D eigenvalue weighted by atomic mass is 35.5. The molecule has 0 bridgehead atoms. The molecule has 0 aliphatic rings. The second kappa shape index (κ2) is 7.96. The largest absolute Gasteiger partial charge is 0.506 e. The number of phenolic OH excluding ortho intramolecular Hbond substituents is 1. The molecule has 1 aromatic carbocycles. The van der Waals surface area contributed by atoms with Gasteiger partial charge < -0.3 is 15.7 Å². The van der Waals surface area contributed by atoms with Gasteiger partial charge in [0.1, 0.15) is 5.75 Å². The van der Waals surface area contributed by atoms with E-state index in [-0.39, 0.29) is 24.1 Å². The van der Waals surface area contributed by atoms with Crippen molar-refractivity contribution in [3.05, 3.63) is 24.3 Å². The van der Waals surface area contributed by atoms with Gasteiger partial charge in [0, 0.05) is 6.42 Å². The van der Waals surface area contributed by atoms with E-state index in [1.165, 1.54) is 0 Å². The third-order valence-corrected chi connectivity index (χ3v) is 2.01. The van der Waals surface area contributed by atoms with Gasteiger partial charge in [-0.1, -0.05) is 12.1 Å². The minimum atomic E-state index is -0.0771. The molecular formula is C11H17ClN2O2. The number of phenols is 1. The Labute approximate surface area is 101 Å². The summed E-state index contributed by atoms with van der Waals surface area (Å²) in [6.45, 7) is 0.814. The summed E-state index contributed by atoms with van der Waals surface area (Å²) in [5, 5.41) is 15.0. The van der Waals surface area contributed by atoms with Gasteiger partial charge in [-0.15, -0.1) is 12.4 Å². The summed E-state index contributed by atoms with van der Waals surface area (Å²) in [5.41, 5.74) is 0.465. The van der Waals surface area contributed by atoms with Crippen molar-refractivity contribution in [3.8, 4) is 5.75 Å². The minimum Gasteiger partial charge on any atom is -0.506 e. The summed E-state index contributed by atoms with van der Waals surface area (Å²) in [5.74, 6) is 0.0196. The number of halogens is 1. The summed E-state index contributed by atoms with van der Waals surface area (Å²) < 4.78 is 0. The van der Waals surface area contributed by atoms with Gasteiger partial charge >= 0.3 is 0 Å². The molecular weight excluding hydrogens is 228 g/mol. The van der Waals surface area contributed by atoms with Crippen LogP contribution in [0.4, 0.5) is 5.69 Å². The van der Waals surface area contributed by atoms with Crippen LogP contribution in [0.15, 0.2) is 24.3 Å². The number of nitrogens with one attached hydrogen (secondary N) is 2. The number of amides is 1. The lowest BCUT2D eigenvalue weighted by Gasteiger charge is -2.06. The normalized spacial score (nSPS) is 9.31. The molecule has 1 aromatic rings. The lowest BCUT2D eigenvalue weighted by molar-refractivity contribution is -0.116. The third-order valence-electron chi connectivity index (χ3n) is 2.01. The average molecular weight is 245 g/mol. The number of aromatic hydroxyl groups is 1. The molecule has 90 valence electrons. The monoisotopic (exact) mass is 244 g/mol. The molecule has 0 fully saturated rings. The Morgan fingerprint density at radius 1 is 1.38 bits per heavy atom. The van der Waals surface area contributed by atoms with Crippen LogP contribution >= 0.6 is 12.4 Å². The number of para-hydroxylation sites is 2. The fourth-order valence-electron chi connectivity index (χ4n) is 1.22. The third kappa shape index (κ3) is 5.00. The highest BCUT2D eigenvalue weighted by molar-refractivity contribution is 5.92. The molecule has 0 spiro atoms. The summed E-state index contributed by atoms with van der Waals surface area (Å²) in [7, 11) is 1.85. The van der Waals surface area contributed by atoms with E-state index in [0.29, 0.717) is 12.1 Å². The number of carbonyl (C=O) groups is 1. The topological polar surface area (TPSA) is 61.4 Å². The Bertz CT molecular complexity index is 332. The smallest absolute Gasteiger partial charge is 0.224 e. The van der Waals surface area contributed by atoms with Crippen LogP contribution < -0.4 is 10.6 Å². The number of carbonyl (C=O) groups excluding carboxylic acids is 1. The fourth-order valence-corrected chi connectivity index (χ4v) is 1.22. The van der Waals surface area contributed by atoms with Crippen molar-refractivity contribution in [3.63, 3.8) is 0 Å². The molecule has 0 saturated carbocycles. The zero-order valence-corrected chi connectivity index (χ0v) is 10.0. The van der Waals surface area contributed by atoms with E-state index >= 15 is 0 Å². The zero-order chi connectivity index (χ0) is 11.1. The second-order valence-corrected chi connectivity index (χ2v) is 3.27. The SMILES string of the molecule is CNCCCC(=O)Nc1ccccc1O.Cl. The lowest BCUT2D eigenvalue weighted by Crippen LogP contribution is -2.15. The first kappa shape index (κ1) is 14.7. The number of hydrogen-bond donors (Lipinski definition) is 3. The Hall–Kier alpha value is -1.26. The van der Waals surface area contributed by atoms with Gasteiger partial charge in [0.25, 0.3) is 0 Å². The Balaban J connectivity index is 0.00000225. The minimum absolute atomic E-state index is 0. The Morgan fingerprint density at radius 2 is 2.06 bits per heavy atom. The van der Waals surface area contributed by atoms with E-state index in [9.17, 15) is 9.90 Å². The maximum absolute atomic E-state index is 11.4. The van der Waals surface area contributed by atoms with Gasteiger partial charge in [0.05, 0.1) is 5.69 Å². The number of rotatable bonds is 5. The highest BCUT2D eigenvalue weighted by Crippen LogP contribution is 2.21. The first-order chi connectivity index (χ1) is 7.24. The predicted molar refractivity (Wildman–Crippen MR) is 67.1 cm³/mol. The standard InChI is InChI=1S/C11H16N2O2.ClH/c1-12-8-4-7-11(15)13-9-5-2-3-6-10(9)14;/h2-3,5-6,12,14H,4,7-8H2,1H3,(H,13,15);1H. The highest BCUT2D eigenvalue weighted by Gasteiger charge is 2.04. The summed E-state index contributed by atoms with van der Waals surface area (Å²) >= 11 is 0. The maximum atomic E-state index is 11.4. The fraction of sp³-hybridized carbons (Fsp3) is 0.364. The van der Waals surface area contributed by atoms with Crippen LogP contribution in [0, 0.1) is 0 Å². The summed E-state index contributed by atoms with van der Waals surface area (Å²) in [6, 6.07) is 6.70. The second-order valence-electron chi connectivity index (χ2n) is 3.27. The number of benzene rings is 1. The zero-order valence-electron chi connectivity index (χ0n) is 9.19. The van der Waals surface area contributed by atoms with E-state index in [2.05, 4.69) is 10.6 Å². The van der Waals surface area contributed by atoms with Gasteiger partial charge in [-0.05, 0) is 32.1 Å². The average Bonchev–Trinajstić information content (AvgIpc) is 2.22. The van der Waals surface area contributed by atoms with E-state index in [1.54, 1.807) is 24.3 Å². The molecule has 5 heteroatoms. The molecule has 1 rings (SSSR count). The molecule has 0 aliphatic carbocycles. The van der Waals surface area contributed by atoms with Crippen LogP contribution in [0.1, 0.15) is 12.8 Å². The molecule has 0 saturated heterocycles. The molecule has 4 nitrogen and oxygen atoms in total. The maximum Gasteiger partial charge on any atom is 0.224 e. The van der Waals surface area contributed by atoms with Crippen molar-refractivity contribution in [2.75, 3.05) is 18.9 Å². The van der Waals surface area contributed by atoms with Gasteiger partial charge in [0.15, 0.2) is 0 Å². The molecule has 0 unspecified atom stereocenters. The first-order valence-electron chi connectivity index (χ1n) is 4.96. The van der Waals surface area contributed by atoms with Gasteiger partial charge in [0.2, 0.25) is 5.91 Å². The van der Waals surface area contributed by atoms with Crippen molar-refractivity contribution >= 4 is 24.0 Å². The molecule has 0 radical (unpaired) electrons. The van der Waals surface area contributed by atoms with E-state index < -0.39 is 0 Å². The number of hydrogen-bond acceptors (Lipinski definition) is 3. The molecule has 0 aromatic heterocycles. The van der Waals surface area contributed by atoms with Gasteiger partial charge in [-0.2, -0.15) is 0 Å². The van der Waals surface area contributed by atoms with Crippen molar-refractivity contribution in [1.82, 2.24) is 5.32 Å². The van der Waals surface area contributed by atoms with Crippen LogP contribution in [-0.2, 0) is 4.79 Å². The molecule has 16 heavy (non-hydrogen) atoms. The van der Waals surface area contributed by atoms with Crippen LogP contribution in [0.3, 0.4) is 0 Å². The molecule has 0 aliphatic heterocycles. The molecule has 3 N–H and O–H groups in total. The molecule has 0 heterocycles. The van der Waals surface area contributed by atoms with Crippen LogP contribution in [0.5, 0.6) is 5.75 Å². The quantitative estimate of drug-likeness (QED) is 0.546. The van der Waals surface area contributed by atoms with Crippen LogP contribution in [-0.4, -0.2) is 24.6 Å². The van der Waals surface area contributed by atoms with Crippen LogP contribution in [0.2, 0.25) is 0 Å². The van der Waals surface area contributed by atoms with Crippen molar-refractivity contribution in [2.24, 2.45) is 0 Å². The van der Waals surface area contributed by atoms with Crippen LogP contribution in [0.25, 0.3) is 0 Å². The molecule has 1 amide bonds. The van der Waals surface area contributed by atoms with E-state index in [0.717, 1.165) is 13.0 Å². The van der Waals surface area contributed by atoms with E-state index in [4.69, 9.17) is 0 Å². The van der Waals surface area contributed by atoms with E-state index in [1.807, 2.05) is 7.05 Å². The lowest BCUT2D eigenvalue weighted by atomic mass is 10.2. The number of anilines is 1. The van der Waals surface area contributed by atoms with Crippen molar-refractivity contribution in [1.29, 1.82) is 0 Å². The van der Waals surface area contributed by atoms with Crippen molar-refractivity contribution < 1.29 is 9.90 Å².